The first kappa shape index (κ1) is 11.9. The summed E-state index contributed by atoms with van der Waals surface area (Å²) in [6.45, 7) is 1.02. The second-order valence-electron chi connectivity index (χ2n) is 5.33. The lowest BCUT2D eigenvalue weighted by molar-refractivity contribution is -0.128. The topological polar surface area (TPSA) is 75.4 Å². The van der Waals surface area contributed by atoms with Crippen molar-refractivity contribution >= 4 is 5.91 Å². The summed E-state index contributed by atoms with van der Waals surface area (Å²) in [6, 6.07) is 0. The van der Waals surface area contributed by atoms with E-state index in [1.54, 1.807) is 0 Å². The molecule has 2 aliphatic carbocycles. The Hall–Kier alpha value is -0.610. The zero-order valence-corrected chi connectivity index (χ0v) is 9.74. The van der Waals surface area contributed by atoms with Gasteiger partial charge in [-0.2, -0.15) is 0 Å². The molecular formula is C12H22N2O2. The summed E-state index contributed by atoms with van der Waals surface area (Å²) >= 11 is 0. The SMILES string of the molecule is NCC1CCCC1C(=O)NCC1(O)CCC1. The number of rotatable bonds is 4. The van der Waals surface area contributed by atoms with Crippen LogP contribution < -0.4 is 11.1 Å². The van der Waals surface area contributed by atoms with E-state index < -0.39 is 5.60 Å². The molecule has 4 heteroatoms. The Morgan fingerprint density at radius 3 is 2.69 bits per heavy atom. The Morgan fingerprint density at radius 1 is 1.38 bits per heavy atom. The summed E-state index contributed by atoms with van der Waals surface area (Å²) in [5.41, 5.74) is 5.03. The lowest BCUT2D eigenvalue weighted by atomic mass is 9.80. The van der Waals surface area contributed by atoms with E-state index in [0.29, 0.717) is 19.0 Å². The molecule has 2 unspecified atom stereocenters. The molecule has 16 heavy (non-hydrogen) atoms. The molecule has 4 nitrogen and oxygen atoms in total. The van der Waals surface area contributed by atoms with E-state index in [1.165, 1.54) is 0 Å². The Bertz CT molecular complexity index is 264. The van der Waals surface area contributed by atoms with Crippen molar-refractivity contribution in [1.29, 1.82) is 0 Å². The highest BCUT2D eigenvalue weighted by atomic mass is 16.3. The van der Waals surface area contributed by atoms with Crippen LogP contribution in [-0.2, 0) is 4.79 Å². The van der Waals surface area contributed by atoms with Gasteiger partial charge in [-0.25, -0.2) is 0 Å². The van der Waals surface area contributed by atoms with Crippen molar-refractivity contribution in [1.82, 2.24) is 5.32 Å². The minimum atomic E-state index is -0.619. The van der Waals surface area contributed by atoms with Gasteiger partial charge in [0.05, 0.1) is 5.60 Å². The Kier molecular flexibility index (Phi) is 3.50. The Labute approximate surface area is 96.6 Å². The van der Waals surface area contributed by atoms with Crippen molar-refractivity contribution in [3.05, 3.63) is 0 Å². The predicted octanol–water partition coefficient (Wildman–Crippen LogP) is 0.393. The molecule has 2 atom stereocenters. The van der Waals surface area contributed by atoms with Crippen LogP contribution >= 0.6 is 0 Å². The number of hydrogen-bond acceptors (Lipinski definition) is 3. The predicted molar refractivity (Wildman–Crippen MR) is 61.7 cm³/mol. The number of carbonyl (C=O) groups is 1. The maximum Gasteiger partial charge on any atom is 0.223 e. The molecule has 0 aromatic rings. The molecule has 0 aliphatic heterocycles. The zero-order chi connectivity index (χ0) is 11.6. The molecule has 4 N–H and O–H groups in total. The van der Waals surface area contributed by atoms with E-state index in [0.717, 1.165) is 38.5 Å². The molecule has 2 saturated carbocycles. The van der Waals surface area contributed by atoms with E-state index in [2.05, 4.69) is 5.32 Å². The van der Waals surface area contributed by atoms with Gasteiger partial charge in [-0.1, -0.05) is 6.42 Å². The minimum absolute atomic E-state index is 0.0775. The van der Waals surface area contributed by atoms with Gasteiger partial charge in [0.1, 0.15) is 0 Å². The van der Waals surface area contributed by atoms with Gasteiger partial charge in [0, 0.05) is 12.5 Å². The molecule has 2 rings (SSSR count). The van der Waals surface area contributed by atoms with E-state index in [4.69, 9.17) is 5.73 Å². The molecule has 0 spiro atoms. The quantitative estimate of drug-likeness (QED) is 0.649. The normalized spacial score (nSPS) is 32.1. The number of nitrogens with two attached hydrogens (primary N) is 1. The van der Waals surface area contributed by atoms with E-state index in [1.807, 2.05) is 0 Å². The molecule has 0 bridgehead atoms. The summed E-state index contributed by atoms with van der Waals surface area (Å²) in [7, 11) is 0. The average molecular weight is 226 g/mol. The molecule has 1 amide bonds. The van der Waals surface area contributed by atoms with Crippen LogP contribution in [0.25, 0.3) is 0 Å². The molecule has 0 heterocycles. The summed E-state index contributed by atoms with van der Waals surface area (Å²) < 4.78 is 0. The van der Waals surface area contributed by atoms with Gasteiger partial charge in [0.25, 0.3) is 0 Å². The standard InChI is InChI=1S/C12H22N2O2/c13-7-9-3-1-4-10(9)11(15)14-8-12(16)5-2-6-12/h9-10,16H,1-8,13H2,(H,14,15). The lowest BCUT2D eigenvalue weighted by Gasteiger charge is -2.37. The monoisotopic (exact) mass is 226 g/mol. The van der Waals surface area contributed by atoms with E-state index in [-0.39, 0.29) is 11.8 Å². The highest BCUT2D eigenvalue weighted by Crippen LogP contribution is 2.33. The maximum absolute atomic E-state index is 11.9. The van der Waals surface area contributed by atoms with Crippen LogP contribution in [0.1, 0.15) is 38.5 Å². The van der Waals surface area contributed by atoms with Crippen LogP contribution in [0.5, 0.6) is 0 Å². The fourth-order valence-electron chi connectivity index (χ4n) is 2.81. The highest BCUT2D eigenvalue weighted by Gasteiger charge is 2.37. The minimum Gasteiger partial charge on any atom is -0.388 e. The first-order valence-corrected chi connectivity index (χ1v) is 6.35. The number of nitrogens with one attached hydrogen (secondary N) is 1. The third-order valence-corrected chi connectivity index (χ3v) is 4.17. The van der Waals surface area contributed by atoms with Crippen LogP contribution in [0.2, 0.25) is 0 Å². The van der Waals surface area contributed by atoms with Gasteiger partial charge in [-0.05, 0) is 44.6 Å². The molecule has 0 radical (unpaired) electrons. The summed E-state index contributed by atoms with van der Waals surface area (Å²) in [4.78, 5) is 11.9. The van der Waals surface area contributed by atoms with Gasteiger partial charge in [0.15, 0.2) is 0 Å². The fourth-order valence-corrected chi connectivity index (χ4v) is 2.81. The van der Waals surface area contributed by atoms with Crippen LogP contribution in [0, 0.1) is 11.8 Å². The summed E-state index contributed by atoms with van der Waals surface area (Å²) in [5.74, 6) is 0.512. The third kappa shape index (κ3) is 2.38. The van der Waals surface area contributed by atoms with Crippen LogP contribution in [0.4, 0.5) is 0 Å². The Morgan fingerprint density at radius 2 is 2.12 bits per heavy atom. The number of carbonyl (C=O) groups excluding carboxylic acids is 1. The van der Waals surface area contributed by atoms with Crippen molar-refractivity contribution in [2.45, 2.75) is 44.1 Å². The highest BCUT2D eigenvalue weighted by molar-refractivity contribution is 5.79. The van der Waals surface area contributed by atoms with Gasteiger partial charge in [-0.3, -0.25) is 4.79 Å². The fraction of sp³-hybridized carbons (Fsp3) is 0.917. The van der Waals surface area contributed by atoms with Gasteiger partial charge in [-0.15, -0.1) is 0 Å². The molecule has 0 aromatic heterocycles. The molecule has 2 fully saturated rings. The molecule has 2 aliphatic rings. The Balaban J connectivity index is 1.78. The third-order valence-electron chi connectivity index (χ3n) is 4.17. The number of aliphatic hydroxyl groups is 1. The first-order valence-electron chi connectivity index (χ1n) is 6.35. The lowest BCUT2D eigenvalue weighted by Crippen LogP contribution is -2.49. The second kappa shape index (κ2) is 4.72. The van der Waals surface area contributed by atoms with Crippen molar-refractivity contribution in [2.75, 3.05) is 13.1 Å². The zero-order valence-electron chi connectivity index (χ0n) is 9.74. The largest absolute Gasteiger partial charge is 0.388 e. The average Bonchev–Trinajstić information content (AvgIpc) is 2.71. The van der Waals surface area contributed by atoms with E-state index in [9.17, 15) is 9.90 Å². The summed E-state index contributed by atoms with van der Waals surface area (Å²) in [5, 5.41) is 12.8. The van der Waals surface area contributed by atoms with Crippen LogP contribution in [-0.4, -0.2) is 29.7 Å². The second-order valence-corrected chi connectivity index (χ2v) is 5.33. The van der Waals surface area contributed by atoms with Gasteiger partial charge >= 0.3 is 0 Å². The van der Waals surface area contributed by atoms with Crippen molar-refractivity contribution in [3.8, 4) is 0 Å². The van der Waals surface area contributed by atoms with Crippen LogP contribution in [0.3, 0.4) is 0 Å². The number of amides is 1. The molecule has 0 aromatic carbocycles. The summed E-state index contributed by atoms with van der Waals surface area (Å²) in [6.07, 6.45) is 5.83. The molecular weight excluding hydrogens is 204 g/mol. The molecule has 92 valence electrons. The molecule has 0 saturated heterocycles. The maximum atomic E-state index is 11.9. The van der Waals surface area contributed by atoms with Gasteiger partial charge in [0.2, 0.25) is 5.91 Å². The van der Waals surface area contributed by atoms with Crippen molar-refractivity contribution in [3.63, 3.8) is 0 Å². The van der Waals surface area contributed by atoms with Crippen molar-refractivity contribution < 1.29 is 9.90 Å². The van der Waals surface area contributed by atoms with Crippen LogP contribution in [0.15, 0.2) is 0 Å². The van der Waals surface area contributed by atoms with Gasteiger partial charge < -0.3 is 16.2 Å². The number of hydrogen-bond donors (Lipinski definition) is 3. The van der Waals surface area contributed by atoms with Crippen molar-refractivity contribution in [2.24, 2.45) is 17.6 Å². The van der Waals surface area contributed by atoms with E-state index >= 15 is 0 Å². The smallest absolute Gasteiger partial charge is 0.223 e. The first-order chi connectivity index (χ1) is 7.64.